The van der Waals surface area contributed by atoms with Gasteiger partial charge in [0.15, 0.2) is 0 Å². The third-order valence-electron chi connectivity index (χ3n) is 2.43. The molecule has 0 radical (unpaired) electrons. The van der Waals surface area contributed by atoms with Crippen LogP contribution in [-0.4, -0.2) is 46.8 Å². The number of aryl methyl sites for hydroxylation is 1. The first kappa shape index (κ1) is 14.7. The largest absolute Gasteiger partial charge is 0.495 e. The lowest BCUT2D eigenvalue weighted by Gasteiger charge is -2.10. The van der Waals surface area contributed by atoms with Gasteiger partial charge in [-0.2, -0.15) is 4.80 Å². The lowest BCUT2D eigenvalue weighted by Crippen LogP contribution is -2.15. The van der Waals surface area contributed by atoms with Crippen molar-refractivity contribution in [2.24, 2.45) is 7.05 Å². The second kappa shape index (κ2) is 5.36. The van der Waals surface area contributed by atoms with E-state index < -0.39 is 16.0 Å². The summed E-state index contributed by atoms with van der Waals surface area (Å²) >= 11 is 0. The molecule has 2 N–H and O–H groups in total. The number of sulfonamides is 1. The Balaban J connectivity index is 2.42. The zero-order valence-electron chi connectivity index (χ0n) is 11.0. The highest BCUT2D eigenvalue weighted by Crippen LogP contribution is 2.26. The third kappa shape index (κ3) is 3.08. The number of methoxy groups -OCH3 is 1. The van der Waals surface area contributed by atoms with E-state index >= 15 is 0 Å². The van der Waals surface area contributed by atoms with Crippen LogP contribution in [0.4, 0.5) is 5.95 Å². The van der Waals surface area contributed by atoms with Crippen molar-refractivity contribution in [1.82, 2.24) is 20.2 Å². The van der Waals surface area contributed by atoms with E-state index in [1.54, 1.807) is 0 Å². The Morgan fingerprint density at radius 3 is 2.67 bits per heavy atom. The molecule has 0 spiro atoms. The fourth-order valence-corrected chi connectivity index (χ4v) is 2.61. The maximum atomic E-state index is 12.2. The predicted octanol–water partition coefficient (Wildman–Crippen LogP) is -0.282. The van der Waals surface area contributed by atoms with Crippen molar-refractivity contribution in [3.8, 4) is 5.75 Å². The van der Waals surface area contributed by atoms with Crippen LogP contribution in [0.2, 0.25) is 0 Å². The molecule has 2 rings (SSSR count). The number of rotatable bonds is 5. The Labute approximate surface area is 119 Å². The van der Waals surface area contributed by atoms with Crippen molar-refractivity contribution in [2.75, 3.05) is 11.8 Å². The van der Waals surface area contributed by atoms with Crippen LogP contribution >= 0.6 is 0 Å². The van der Waals surface area contributed by atoms with E-state index in [9.17, 15) is 13.2 Å². The van der Waals surface area contributed by atoms with E-state index in [1.165, 1.54) is 14.2 Å². The topological polar surface area (TPSA) is 136 Å². The number of carboxylic acid groups (broad SMARTS) is 1. The second-order valence-corrected chi connectivity index (χ2v) is 5.53. The fourth-order valence-electron chi connectivity index (χ4n) is 1.52. The Morgan fingerprint density at radius 2 is 2.14 bits per heavy atom. The van der Waals surface area contributed by atoms with Crippen LogP contribution in [-0.2, 0) is 17.1 Å². The zero-order valence-corrected chi connectivity index (χ0v) is 11.8. The summed E-state index contributed by atoms with van der Waals surface area (Å²) in [6, 6.07) is 3.39. The van der Waals surface area contributed by atoms with Gasteiger partial charge in [-0.15, -0.1) is 5.10 Å². The normalized spacial score (nSPS) is 11.1. The summed E-state index contributed by atoms with van der Waals surface area (Å²) in [6.07, 6.45) is 0. The number of nitrogens with zero attached hydrogens (tertiary/aromatic N) is 4. The van der Waals surface area contributed by atoms with Crippen molar-refractivity contribution in [2.45, 2.75) is 4.90 Å². The van der Waals surface area contributed by atoms with Gasteiger partial charge in [0, 0.05) is 0 Å². The molecule has 1 heterocycles. The molecule has 1 aromatic carbocycles. The van der Waals surface area contributed by atoms with Crippen LogP contribution in [0.1, 0.15) is 10.4 Å². The summed E-state index contributed by atoms with van der Waals surface area (Å²) in [4.78, 5) is 11.7. The van der Waals surface area contributed by atoms with Gasteiger partial charge in [0.2, 0.25) is 0 Å². The first-order valence-electron chi connectivity index (χ1n) is 5.51. The minimum atomic E-state index is -4.03. The molecule has 0 saturated heterocycles. The second-order valence-electron chi connectivity index (χ2n) is 3.88. The number of aromatic carboxylic acids is 1. The number of anilines is 1. The molecular formula is C10H11N5O5S. The number of aromatic nitrogens is 4. The van der Waals surface area contributed by atoms with Crippen molar-refractivity contribution >= 4 is 21.9 Å². The van der Waals surface area contributed by atoms with Gasteiger partial charge < -0.3 is 9.84 Å². The van der Waals surface area contributed by atoms with Gasteiger partial charge in [0.25, 0.3) is 16.0 Å². The third-order valence-corrected chi connectivity index (χ3v) is 3.80. The van der Waals surface area contributed by atoms with Gasteiger partial charge in [-0.1, -0.05) is 5.10 Å². The van der Waals surface area contributed by atoms with Crippen molar-refractivity contribution < 1.29 is 23.1 Å². The molecule has 0 amide bonds. The number of tetrazole rings is 1. The maximum Gasteiger partial charge on any atom is 0.335 e. The van der Waals surface area contributed by atoms with E-state index in [1.807, 2.05) is 0 Å². The van der Waals surface area contributed by atoms with Gasteiger partial charge in [0.1, 0.15) is 10.6 Å². The van der Waals surface area contributed by atoms with E-state index in [-0.39, 0.29) is 22.2 Å². The molecule has 0 unspecified atom stereocenters. The molecular weight excluding hydrogens is 302 g/mol. The molecule has 0 saturated carbocycles. The number of carboxylic acids is 1. The molecule has 0 bridgehead atoms. The van der Waals surface area contributed by atoms with Crippen molar-refractivity contribution in [3.05, 3.63) is 23.8 Å². The Kier molecular flexibility index (Phi) is 3.76. The van der Waals surface area contributed by atoms with Crippen molar-refractivity contribution in [3.63, 3.8) is 0 Å². The molecule has 2 aromatic rings. The van der Waals surface area contributed by atoms with Crippen LogP contribution < -0.4 is 9.46 Å². The van der Waals surface area contributed by atoms with Gasteiger partial charge in [0.05, 0.1) is 19.7 Å². The number of carbonyl (C=O) groups is 1. The first-order valence-corrected chi connectivity index (χ1v) is 7.00. The molecule has 0 fully saturated rings. The highest BCUT2D eigenvalue weighted by Gasteiger charge is 2.22. The van der Waals surface area contributed by atoms with Crippen LogP contribution in [0.5, 0.6) is 5.75 Å². The van der Waals surface area contributed by atoms with Crippen molar-refractivity contribution in [1.29, 1.82) is 0 Å². The van der Waals surface area contributed by atoms with Crippen LogP contribution in [0.25, 0.3) is 0 Å². The summed E-state index contributed by atoms with van der Waals surface area (Å²) in [6.45, 7) is 0. The average molecular weight is 313 g/mol. The van der Waals surface area contributed by atoms with Gasteiger partial charge in [-0.25, -0.2) is 17.9 Å². The lowest BCUT2D eigenvalue weighted by atomic mass is 10.2. The Bertz CT molecular complexity index is 785. The first-order chi connectivity index (χ1) is 9.83. The summed E-state index contributed by atoms with van der Waals surface area (Å²) in [5.74, 6) is -1.51. The summed E-state index contributed by atoms with van der Waals surface area (Å²) in [5.41, 5.74) is -0.0940. The highest BCUT2D eigenvalue weighted by molar-refractivity contribution is 7.92. The molecule has 112 valence electrons. The minimum absolute atomic E-state index is 0.0940. The summed E-state index contributed by atoms with van der Waals surface area (Å²) in [5, 5.41) is 19.6. The maximum absolute atomic E-state index is 12.2. The van der Waals surface area contributed by atoms with E-state index in [4.69, 9.17) is 9.84 Å². The zero-order chi connectivity index (χ0) is 15.6. The summed E-state index contributed by atoms with van der Waals surface area (Å²) in [7, 11) is -1.32. The van der Waals surface area contributed by atoms with E-state index in [2.05, 4.69) is 20.1 Å². The number of hydrogen-bond donors (Lipinski definition) is 2. The highest BCUT2D eigenvalue weighted by atomic mass is 32.2. The van der Waals surface area contributed by atoms with E-state index in [0.29, 0.717) is 0 Å². The number of benzene rings is 1. The smallest absolute Gasteiger partial charge is 0.335 e. The minimum Gasteiger partial charge on any atom is -0.495 e. The molecule has 0 aliphatic carbocycles. The molecule has 11 heteroatoms. The molecule has 0 aliphatic heterocycles. The lowest BCUT2D eigenvalue weighted by molar-refractivity contribution is 0.0696. The quantitative estimate of drug-likeness (QED) is 0.769. The summed E-state index contributed by atoms with van der Waals surface area (Å²) < 4.78 is 31.5. The van der Waals surface area contributed by atoms with Gasteiger partial charge >= 0.3 is 5.97 Å². The average Bonchev–Trinajstić information content (AvgIpc) is 2.82. The van der Waals surface area contributed by atoms with E-state index in [0.717, 1.165) is 23.0 Å². The van der Waals surface area contributed by atoms with Crippen LogP contribution in [0.15, 0.2) is 23.1 Å². The standard InChI is InChI=1S/C10H11N5O5S/c1-15-12-10(11-14-15)13-21(18,19)8-4-3-6(9(16)17)5-7(8)20-2/h3-5H,1-2H3,(H,12,13)(H,16,17). The number of hydrogen-bond acceptors (Lipinski definition) is 7. The molecule has 0 atom stereocenters. The van der Waals surface area contributed by atoms with Crippen LogP contribution in [0.3, 0.4) is 0 Å². The molecule has 0 aliphatic rings. The molecule has 10 nitrogen and oxygen atoms in total. The molecule has 1 aromatic heterocycles. The SMILES string of the molecule is COc1cc(C(=O)O)ccc1S(=O)(=O)Nc1nnn(C)n1. The number of nitrogens with one attached hydrogen (secondary N) is 1. The fraction of sp³-hybridized carbons (Fsp3) is 0.200. The van der Waals surface area contributed by atoms with Crippen LogP contribution in [0, 0.1) is 0 Å². The van der Waals surface area contributed by atoms with Gasteiger partial charge in [-0.3, -0.25) is 0 Å². The Hall–Kier alpha value is -2.69. The number of ether oxygens (including phenoxy) is 1. The predicted molar refractivity (Wildman–Crippen MR) is 69.6 cm³/mol. The monoisotopic (exact) mass is 313 g/mol. The Morgan fingerprint density at radius 1 is 1.43 bits per heavy atom. The van der Waals surface area contributed by atoms with Gasteiger partial charge in [-0.05, 0) is 23.4 Å². The molecule has 21 heavy (non-hydrogen) atoms.